The number of hydrogen-bond acceptors (Lipinski definition) is 7. The standard InChI is InChI=1S/C22H22F6NO7.3C4H9.Sn/c1-29(17(32)8-9-18(33)36-19-15(30)6-7-16(19)31)11-13-4-3-5-14(10-13)20(21(23,24)25,22(26,27)28)35-12-34-2;3*1-3-4-2;/h3-4,10,19H,6-9,11-12H2,1-2H3;3*1,3-4H2,2H3;. The average Bonchev–Trinajstić information content (AvgIpc) is 3.34. The fourth-order valence-electron chi connectivity index (χ4n) is 6.39. The molecular formula is C34H49F6NO7Sn. The number of carbonyl (C=O) groups excluding carboxylic acids is 4. The quantitative estimate of drug-likeness (QED) is 0.0449. The van der Waals surface area contributed by atoms with Crippen LogP contribution in [-0.2, 0) is 45.5 Å². The van der Waals surface area contributed by atoms with Gasteiger partial charge >= 0.3 is 255 Å². The van der Waals surface area contributed by atoms with E-state index >= 15 is 26.3 Å². The third-order valence-electron chi connectivity index (χ3n) is 9.09. The molecule has 0 spiro atoms. The second-order valence-corrected chi connectivity index (χ2v) is 25.9. The third-order valence-corrected chi connectivity index (χ3v) is 24.8. The van der Waals surface area contributed by atoms with Crippen molar-refractivity contribution in [3.8, 4) is 0 Å². The number of benzene rings is 1. The molecular weight excluding hydrogens is 767 g/mol. The molecule has 1 aromatic carbocycles. The van der Waals surface area contributed by atoms with Crippen LogP contribution >= 0.6 is 0 Å². The molecule has 0 atom stereocenters. The number of nitrogens with zero attached hydrogens (tertiary/aromatic N) is 1. The summed E-state index contributed by atoms with van der Waals surface area (Å²) in [5.41, 5.74) is -5.66. The first-order valence-corrected chi connectivity index (χ1v) is 24.3. The average molecular weight is 816 g/mol. The van der Waals surface area contributed by atoms with Crippen LogP contribution in [0.1, 0.15) is 96.1 Å². The molecule has 15 heteroatoms. The van der Waals surface area contributed by atoms with Gasteiger partial charge in [0.05, 0.1) is 0 Å². The molecule has 0 radical (unpaired) electrons. The summed E-state index contributed by atoms with van der Waals surface area (Å²) < 4.78 is 107. The first-order chi connectivity index (χ1) is 22.9. The molecule has 2 rings (SSSR count). The molecule has 0 bridgehead atoms. The number of unbranched alkanes of at least 4 members (excludes halogenated alkanes) is 3. The number of methoxy groups -OCH3 is 1. The Kier molecular flexibility index (Phi) is 16.5. The SMILES string of the molecule is CCC[CH2][Sn]([CH2]CCC)([CH2]CCC)[c]1ccc(CN(C)C(=O)CCC(=O)OC2C(=O)CCC2=O)cc1C(OCOC)(C(F)(F)F)C(F)(F)F. The van der Waals surface area contributed by atoms with Crippen LogP contribution in [0.5, 0.6) is 0 Å². The van der Waals surface area contributed by atoms with Crippen molar-refractivity contribution in [1.82, 2.24) is 4.90 Å². The number of amides is 1. The van der Waals surface area contributed by atoms with Crippen LogP contribution in [0.25, 0.3) is 0 Å². The molecule has 49 heavy (non-hydrogen) atoms. The van der Waals surface area contributed by atoms with Crippen molar-refractivity contribution in [3.63, 3.8) is 0 Å². The molecule has 0 N–H and O–H groups in total. The number of halogens is 6. The second-order valence-electron chi connectivity index (χ2n) is 12.8. The molecule has 1 saturated carbocycles. The fourth-order valence-corrected chi connectivity index (χ4v) is 23.2. The van der Waals surface area contributed by atoms with Crippen LogP contribution in [0.4, 0.5) is 26.3 Å². The number of hydrogen-bond donors (Lipinski definition) is 0. The second kappa shape index (κ2) is 18.9. The Morgan fingerprint density at radius 2 is 1.37 bits per heavy atom. The first-order valence-electron chi connectivity index (χ1n) is 16.8. The summed E-state index contributed by atoms with van der Waals surface area (Å²) in [6.07, 6.45) is -10.1. The Labute approximate surface area is 288 Å². The van der Waals surface area contributed by atoms with Crippen molar-refractivity contribution in [2.24, 2.45) is 0 Å². The van der Waals surface area contributed by atoms with Crippen LogP contribution in [-0.4, -0.2) is 86.1 Å². The summed E-state index contributed by atoms with van der Waals surface area (Å²) in [6, 6.07) is 3.78. The van der Waals surface area contributed by atoms with Gasteiger partial charge in [0.15, 0.2) is 11.6 Å². The normalized spacial score (nSPS) is 14.8. The predicted octanol–water partition coefficient (Wildman–Crippen LogP) is 7.27. The molecule has 1 aromatic rings. The number of Topliss-reactive ketones (excluding diaryl/α,β-unsaturated/α-hetero) is 2. The van der Waals surface area contributed by atoms with Gasteiger partial charge in [0.25, 0.3) is 0 Å². The van der Waals surface area contributed by atoms with E-state index in [1.165, 1.54) is 19.2 Å². The molecule has 8 nitrogen and oxygen atoms in total. The number of carbonyl (C=O) groups is 4. The van der Waals surface area contributed by atoms with E-state index < -0.39 is 91.1 Å². The summed E-state index contributed by atoms with van der Waals surface area (Å²) in [6.45, 7) is 4.20. The van der Waals surface area contributed by atoms with Crippen LogP contribution in [0.2, 0.25) is 13.3 Å². The Balaban J connectivity index is 2.64. The third kappa shape index (κ3) is 10.7. The molecule has 0 aliphatic heterocycles. The summed E-state index contributed by atoms with van der Waals surface area (Å²) in [5, 5.41) is 0. The topological polar surface area (TPSA) is 99.2 Å². The van der Waals surface area contributed by atoms with Crippen molar-refractivity contribution in [1.29, 1.82) is 0 Å². The summed E-state index contributed by atoms with van der Waals surface area (Å²) in [5.74, 6) is -2.66. The maximum absolute atomic E-state index is 15.1. The Morgan fingerprint density at radius 3 is 1.82 bits per heavy atom. The number of alkyl halides is 6. The van der Waals surface area contributed by atoms with Crippen LogP contribution < -0.4 is 3.58 Å². The van der Waals surface area contributed by atoms with E-state index in [-0.39, 0.29) is 28.5 Å². The Hall–Kier alpha value is -2.20. The van der Waals surface area contributed by atoms with Gasteiger partial charge in [-0.15, -0.1) is 0 Å². The van der Waals surface area contributed by atoms with E-state index in [4.69, 9.17) is 9.47 Å². The number of ketones is 2. The van der Waals surface area contributed by atoms with Crippen LogP contribution in [0.15, 0.2) is 18.2 Å². The van der Waals surface area contributed by atoms with Gasteiger partial charge in [0, 0.05) is 12.8 Å². The predicted molar refractivity (Wildman–Crippen MR) is 173 cm³/mol. The molecule has 1 amide bonds. The molecule has 0 unspecified atom stereocenters. The van der Waals surface area contributed by atoms with Gasteiger partial charge < -0.3 is 0 Å². The van der Waals surface area contributed by atoms with E-state index in [1.807, 2.05) is 20.8 Å². The zero-order chi connectivity index (χ0) is 37.0. The van der Waals surface area contributed by atoms with E-state index in [9.17, 15) is 19.2 Å². The van der Waals surface area contributed by atoms with Gasteiger partial charge in [-0.05, 0) is 0 Å². The number of rotatable bonds is 20. The van der Waals surface area contributed by atoms with Crippen LogP contribution in [0, 0.1) is 0 Å². The molecule has 0 aromatic heterocycles. The van der Waals surface area contributed by atoms with Gasteiger partial charge in [-0.3, -0.25) is 9.59 Å². The van der Waals surface area contributed by atoms with E-state index in [2.05, 4.69) is 4.74 Å². The molecule has 0 saturated heterocycles. The Morgan fingerprint density at radius 1 is 0.857 bits per heavy atom. The monoisotopic (exact) mass is 817 g/mol. The van der Waals surface area contributed by atoms with Crippen molar-refractivity contribution >= 4 is 45.4 Å². The molecule has 0 heterocycles. The van der Waals surface area contributed by atoms with Gasteiger partial charge in [-0.1, -0.05) is 0 Å². The zero-order valence-electron chi connectivity index (χ0n) is 29.0. The molecule has 278 valence electrons. The van der Waals surface area contributed by atoms with Gasteiger partial charge in [0.2, 0.25) is 0 Å². The van der Waals surface area contributed by atoms with Crippen LogP contribution in [0.3, 0.4) is 0 Å². The fraction of sp³-hybridized carbons (Fsp3) is 0.706. The Bertz CT molecular complexity index is 1230. The zero-order valence-corrected chi connectivity index (χ0v) is 31.8. The summed E-state index contributed by atoms with van der Waals surface area (Å²) >= 11 is -4.05. The van der Waals surface area contributed by atoms with Gasteiger partial charge in [-0.25, -0.2) is 0 Å². The summed E-state index contributed by atoms with van der Waals surface area (Å²) in [7, 11) is 2.25. The number of ether oxygens (including phenoxy) is 3. The van der Waals surface area contributed by atoms with E-state index in [0.717, 1.165) is 37.3 Å². The van der Waals surface area contributed by atoms with Crippen molar-refractivity contribution in [3.05, 3.63) is 29.3 Å². The van der Waals surface area contributed by atoms with E-state index in [1.54, 1.807) is 0 Å². The number of esters is 1. The van der Waals surface area contributed by atoms with Gasteiger partial charge in [0.1, 0.15) is 0 Å². The minimum absolute atomic E-state index is 0.0138. The summed E-state index contributed by atoms with van der Waals surface area (Å²) in [4.78, 5) is 49.8. The minimum atomic E-state index is -5.92. The molecule has 1 aliphatic carbocycles. The van der Waals surface area contributed by atoms with Crippen molar-refractivity contribution in [2.45, 2.75) is 129 Å². The maximum atomic E-state index is 15.1. The molecule has 1 aliphatic rings. The first kappa shape index (κ1) is 43.0. The molecule has 1 fully saturated rings. The van der Waals surface area contributed by atoms with Gasteiger partial charge in [-0.2, -0.15) is 0 Å². The van der Waals surface area contributed by atoms with Crippen molar-refractivity contribution < 1.29 is 59.7 Å². The van der Waals surface area contributed by atoms with E-state index in [0.29, 0.717) is 32.6 Å². The van der Waals surface area contributed by atoms with Crippen molar-refractivity contribution in [2.75, 3.05) is 21.0 Å².